The van der Waals surface area contributed by atoms with Crippen LogP contribution in [0.25, 0.3) is 0 Å². The van der Waals surface area contributed by atoms with E-state index in [1.165, 1.54) is 12.1 Å². The molecule has 3 atom stereocenters. The molecule has 1 aliphatic rings. The molecule has 8 heteroatoms. The normalized spacial score (nSPS) is 28.3. The van der Waals surface area contributed by atoms with Gasteiger partial charge in [-0.1, -0.05) is 0 Å². The topological polar surface area (TPSA) is 88.2 Å². The summed E-state index contributed by atoms with van der Waals surface area (Å²) in [7, 11) is 1.53. The average Bonchev–Trinajstić information content (AvgIpc) is 2.65. The molecule has 1 N–H and O–H groups in total. The number of carboxylic acid groups (broad SMARTS) is 1. The maximum atomic E-state index is 13.5. The predicted octanol–water partition coefficient (Wildman–Crippen LogP) is 1.73. The summed E-state index contributed by atoms with van der Waals surface area (Å²) in [5, 5.41) is 24.9. The highest BCUT2D eigenvalue weighted by molar-refractivity contribution is 5.70. The van der Waals surface area contributed by atoms with Gasteiger partial charge in [-0.3, -0.25) is 4.79 Å². The van der Waals surface area contributed by atoms with Gasteiger partial charge in [0.05, 0.1) is 23.5 Å². The third-order valence-electron chi connectivity index (χ3n) is 3.26. The molecule has 2 unspecified atom stereocenters. The van der Waals surface area contributed by atoms with Gasteiger partial charge in [-0.25, -0.2) is 4.39 Å². The number of hydrogen-bond donors (Lipinski definition) is 1. The first-order valence-electron chi connectivity index (χ1n) is 6.07. The Balaban J connectivity index is 2.59. The monoisotopic (exact) mass is 277 g/mol. The Bertz CT molecular complexity index is 369. The van der Waals surface area contributed by atoms with Crippen molar-refractivity contribution in [2.45, 2.75) is 51.4 Å². The molecule has 0 amide bonds. The predicted molar refractivity (Wildman–Crippen MR) is 63.7 cm³/mol. The summed E-state index contributed by atoms with van der Waals surface area (Å²) in [4.78, 5) is 15.8. The van der Waals surface area contributed by atoms with Gasteiger partial charge < -0.3 is 15.2 Å². The van der Waals surface area contributed by atoms with Gasteiger partial charge in [0.1, 0.15) is 6.17 Å². The van der Waals surface area contributed by atoms with Crippen LogP contribution in [0, 0.1) is 11.1 Å². The molecule has 1 fully saturated rings. The Morgan fingerprint density at radius 2 is 2.11 bits per heavy atom. The Hall–Kier alpha value is -1.60. The van der Waals surface area contributed by atoms with Crippen molar-refractivity contribution >= 4 is 5.97 Å². The quantitative estimate of drug-likeness (QED) is 0.480. The van der Waals surface area contributed by atoms with E-state index in [0.29, 0.717) is 0 Å². The zero-order chi connectivity index (χ0) is 14.8. The largest absolute Gasteiger partial charge is 0.569 e. The molecule has 0 spiro atoms. The van der Waals surface area contributed by atoms with E-state index < -0.39 is 29.7 Å². The van der Waals surface area contributed by atoms with Gasteiger partial charge >= 0.3 is 5.97 Å². The third kappa shape index (κ3) is 3.93. The Kier molecular flexibility index (Phi) is 4.54. The lowest BCUT2D eigenvalue weighted by Crippen LogP contribution is -2.42. The molecular formula is C11H20FN3O4. The maximum Gasteiger partial charge on any atom is 0.306 e. The van der Waals surface area contributed by atoms with E-state index in [9.17, 15) is 14.4 Å². The van der Waals surface area contributed by atoms with Gasteiger partial charge in [0, 0.05) is 6.42 Å². The number of nitrogens with zero attached hydrogens (tertiary/aromatic N) is 3. The molecule has 0 aromatic carbocycles. The van der Waals surface area contributed by atoms with Gasteiger partial charge in [0.25, 0.3) is 0 Å². The molecule has 0 radical (unpaired) electrons. The van der Waals surface area contributed by atoms with Crippen molar-refractivity contribution in [3.8, 4) is 0 Å². The van der Waals surface area contributed by atoms with Gasteiger partial charge in [-0.2, -0.15) is 0 Å². The molecule has 0 bridgehead atoms. The standard InChI is InChI=1S/C11H20FN3O4/c1-11(2,3)14(4)15(18)13-19-9-6-7(10(16)17)5-8(9)12/h7-9H,5-6H2,1-4H3,(H,16,17)/b15-13-/t7?,8?,9-/m0/s1. The van der Waals surface area contributed by atoms with Crippen LogP contribution in [-0.2, 0) is 9.63 Å². The van der Waals surface area contributed by atoms with Gasteiger partial charge in [-0.15, -0.1) is 5.01 Å². The first-order valence-corrected chi connectivity index (χ1v) is 6.07. The van der Waals surface area contributed by atoms with Crippen molar-refractivity contribution in [1.29, 1.82) is 0 Å². The van der Waals surface area contributed by atoms with E-state index >= 15 is 0 Å². The summed E-state index contributed by atoms with van der Waals surface area (Å²) in [6.07, 6.45) is -2.49. The maximum absolute atomic E-state index is 13.5. The van der Waals surface area contributed by atoms with Crippen LogP contribution in [0.1, 0.15) is 33.6 Å². The summed E-state index contributed by atoms with van der Waals surface area (Å²) in [5.41, 5.74) is -0.455. The fourth-order valence-electron chi connectivity index (χ4n) is 1.67. The molecular weight excluding hydrogens is 257 g/mol. The van der Waals surface area contributed by atoms with E-state index in [0.717, 1.165) is 0 Å². The van der Waals surface area contributed by atoms with Crippen LogP contribution in [0.5, 0.6) is 0 Å². The zero-order valence-electron chi connectivity index (χ0n) is 11.5. The zero-order valence-corrected chi connectivity index (χ0v) is 11.5. The SMILES string of the molecule is CN(/[N+]([O-])=N/O[C@H]1CC(C(=O)O)CC1F)C(C)(C)C. The lowest BCUT2D eigenvalue weighted by Gasteiger charge is -2.26. The minimum absolute atomic E-state index is 0.0209. The van der Waals surface area contributed by atoms with Crippen LogP contribution in [0.3, 0.4) is 0 Å². The molecule has 0 saturated heterocycles. The minimum Gasteiger partial charge on any atom is -0.569 e. The second kappa shape index (κ2) is 5.58. The fraction of sp³-hybridized carbons (Fsp3) is 0.909. The molecule has 1 aliphatic carbocycles. The van der Waals surface area contributed by atoms with Crippen molar-refractivity contribution in [3.63, 3.8) is 0 Å². The van der Waals surface area contributed by atoms with E-state index in [4.69, 9.17) is 9.94 Å². The lowest BCUT2D eigenvalue weighted by atomic mass is 10.1. The smallest absolute Gasteiger partial charge is 0.306 e. The summed E-state index contributed by atoms with van der Waals surface area (Å²) in [6.45, 7) is 5.42. The van der Waals surface area contributed by atoms with Crippen molar-refractivity contribution in [2.24, 2.45) is 11.2 Å². The number of carbonyl (C=O) groups is 1. The number of hydrogen-bond acceptors (Lipinski definition) is 4. The molecule has 0 aromatic heterocycles. The second-order valence-electron chi connectivity index (χ2n) is 5.70. The summed E-state index contributed by atoms with van der Waals surface area (Å²) < 4.78 is 13.5. The molecule has 0 aromatic rings. The number of rotatable bonds is 4. The Morgan fingerprint density at radius 1 is 1.53 bits per heavy atom. The van der Waals surface area contributed by atoms with Gasteiger partial charge in [0.15, 0.2) is 6.10 Å². The molecule has 1 rings (SSSR count). The number of hydrazine groups is 1. The van der Waals surface area contributed by atoms with Crippen LogP contribution in [0.4, 0.5) is 4.39 Å². The lowest BCUT2D eigenvalue weighted by molar-refractivity contribution is -0.720. The number of aliphatic carboxylic acids is 1. The highest BCUT2D eigenvalue weighted by atomic mass is 19.1. The average molecular weight is 277 g/mol. The van der Waals surface area contributed by atoms with E-state index in [1.54, 1.807) is 20.8 Å². The van der Waals surface area contributed by atoms with Crippen LogP contribution < -0.4 is 0 Å². The number of carboxylic acids is 1. The van der Waals surface area contributed by atoms with Crippen LogP contribution in [0.2, 0.25) is 0 Å². The first-order chi connectivity index (χ1) is 8.62. The highest BCUT2D eigenvalue weighted by Gasteiger charge is 2.41. The van der Waals surface area contributed by atoms with E-state index in [1.807, 2.05) is 0 Å². The molecule has 110 valence electrons. The second-order valence-corrected chi connectivity index (χ2v) is 5.70. The Morgan fingerprint density at radius 3 is 2.53 bits per heavy atom. The van der Waals surface area contributed by atoms with E-state index in [-0.39, 0.29) is 17.8 Å². The number of halogens is 1. The highest BCUT2D eigenvalue weighted by Crippen LogP contribution is 2.31. The number of alkyl halides is 1. The Labute approximate surface area is 111 Å². The minimum atomic E-state index is -1.42. The van der Waals surface area contributed by atoms with Crippen LogP contribution in [-0.4, -0.2) is 45.9 Å². The van der Waals surface area contributed by atoms with Crippen molar-refractivity contribution in [3.05, 3.63) is 5.21 Å². The first kappa shape index (κ1) is 15.5. The van der Waals surface area contributed by atoms with Crippen LogP contribution >= 0.6 is 0 Å². The molecule has 0 heterocycles. The van der Waals surface area contributed by atoms with E-state index in [2.05, 4.69) is 5.28 Å². The fourth-order valence-corrected chi connectivity index (χ4v) is 1.67. The van der Waals surface area contributed by atoms with Gasteiger partial charge in [-0.05, 0) is 27.2 Å². The summed E-state index contributed by atoms with van der Waals surface area (Å²) >= 11 is 0. The van der Waals surface area contributed by atoms with Crippen LogP contribution in [0.15, 0.2) is 5.28 Å². The molecule has 19 heavy (non-hydrogen) atoms. The van der Waals surface area contributed by atoms with Crippen molar-refractivity contribution in [2.75, 3.05) is 7.05 Å². The molecule has 0 aliphatic heterocycles. The van der Waals surface area contributed by atoms with Crippen molar-refractivity contribution < 1.29 is 24.1 Å². The molecule has 7 nitrogen and oxygen atoms in total. The third-order valence-corrected chi connectivity index (χ3v) is 3.26. The summed E-state index contributed by atoms with van der Waals surface area (Å²) in [6, 6.07) is 0. The molecule has 1 saturated carbocycles. The summed E-state index contributed by atoms with van der Waals surface area (Å²) in [5.74, 6) is -1.84. The van der Waals surface area contributed by atoms with Crippen molar-refractivity contribution in [1.82, 2.24) is 5.01 Å². The van der Waals surface area contributed by atoms with Gasteiger partial charge in [0.2, 0.25) is 5.28 Å².